The number of aromatic amines is 1. The van der Waals surface area contributed by atoms with E-state index in [-0.39, 0.29) is 11.8 Å². The van der Waals surface area contributed by atoms with Gasteiger partial charge in [0.1, 0.15) is 0 Å². The first kappa shape index (κ1) is 16.5. The average molecular weight is 327 g/mol. The first-order valence-corrected chi connectivity index (χ1v) is 8.67. The van der Waals surface area contributed by atoms with Crippen LogP contribution in [0.25, 0.3) is 0 Å². The molecule has 2 N–H and O–H groups in total. The van der Waals surface area contributed by atoms with Gasteiger partial charge in [-0.3, -0.25) is 4.79 Å². The minimum Gasteiger partial charge on any atom is -0.372 e. The normalized spacial score (nSPS) is 16.5. The molecular formula is C18H25N5O. The summed E-state index contributed by atoms with van der Waals surface area (Å²) in [6.45, 7) is 8.29. The summed E-state index contributed by atoms with van der Waals surface area (Å²) in [7, 11) is 0. The Kier molecular flexibility index (Phi) is 4.83. The molecule has 1 aromatic carbocycles. The molecule has 0 bridgehead atoms. The van der Waals surface area contributed by atoms with Crippen molar-refractivity contribution < 1.29 is 4.79 Å². The molecule has 1 atom stereocenters. The van der Waals surface area contributed by atoms with Gasteiger partial charge in [-0.05, 0) is 57.4 Å². The molecule has 1 amide bonds. The Bertz CT molecular complexity index is 720. The van der Waals surface area contributed by atoms with Gasteiger partial charge in [-0.2, -0.15) is 15.4 Å². The summed E-state index contributed by atoms with van der Waals surface area (Å²) in [6.07, 6.45) is 2.29. The molecular weight excluding hydrogens is 302 g/mol. The molecule has 0 saturated carbocycles. The van der Waals surface area contributed by atoms with Crippen molar-refractivity contribution in [2.45, 2.75) is 40.0 Å². The summed E-state index contributed by atoms with van der Waals surface area (Å²) in [5.41, 5.74) is 5.10. The van der Waals surface area contributed by atoms with Crippen LogP contribution in [0.3, 0.4) is 0 Å². The fourth-order valence-electron chi connectivity index (χ4n) is 3.32. The minimum absolute atomic E-state index is 0.0375. The number of anilines is 2. The van der Waals surface area contributed by atoms with Crippen LogP contribution >= 0.6 is 0 Å². The number of fused-ring (bicyclic) bond motifs is 1. The van der Waals surface area contributed by atoms with Gasteiger partial charge in [0.15, 0.2) is 0 Å². The van der Waals surface area contributed by atoms with Gasteiger partial charge < -0.3 is 10.2 Å². The maximum Gasteiger partial charge on any atom is 0.227 e. The Labute approximate surface area is 142 Å². The highest BCUT2D eigenvalue weighted by Crippen LogP contribution is 2.26. The van der Waals surface area contributed by atoms with E-state index in [0.29, 0.717) is 6.42 Å². The van der Waals surface area contributed by atoms with Crippen LogP contribution in [0.15, 0.2) is 18.2 Å². The van der Waals surface area contributed by atoms with E-state index in [1.54, 1.807) is 0 Å². The zero-order chi connectivity index (χ0) is 17.1. The van der Waals surface area contributed by atoms with Gasteiger partial charge in [0, 0.05) is 36.8 Å². The number of nitrogens with one attached hydrogen (secondary N) is 2. The molecule has 1 unspecified atom stereocenters. The molecule has 0 aliphatic heterocycles. The van der Waals surface area contributed by atoms with Gasteiger partial charge in [0.05, 0.1) is 11.4 Å². The van der Waals surface area contributed by atoms with Crippen LogP contribution in [-0.4, -0.2) is 34.4 Å². The van der Waals surface area contributed by atoms with E-state index in [2.05, 4.69) is 51.6 Å². The zero-order valence-electron chi connectivity index (χ0n) is 14.6. The number of hydrogen-bond acceptors (Lipinski definition) is 4. The number of amides is 1. The standard InChI is InChI=1S/C18H25N5O/c1-4-23(5-2)14-7-9-15(12(3)10-14)19-18(24)13-6-8-16-17(11-13)21-22-20-16/h7,9-10,13H,4-6,8,11H2,1-3H3,(H,19,24)(H,20,21,22). The van der Waals surface area contributed by atoms with Crippen molar-refractivity contribution in [3.8, 4) is 0 Å². The lowest BCUT2D eigenvalue weighted by Gasteiger charge is -2.23. The Hall–Kier alpha value is -2.37. The Balaban J connectivity index is 1.69. The number of aryl methyl sites for hydroxylation is 2. The Morgan fingerprint density at radius 2 is 2.04 bits per heavy atom. The lowest BCUT2D eigenvalue weighted by molar-refractivity contribution is -0.120. The summed E-state index contributed by atoms with van der Waals surface area (Å²) in [6, 6.07) is 6.22. The number of hydrogen-bond donors (Lipinski definition) is 2. The van der Waals surface area contributed by atoms with Crippen LogP contribution < -0.4 is 10.2 Å². The smallest absolute Gasteiger partial charge is 0.227 e. The van der Waals surface area contributed by atoms with Crippen LogP contribution in [-0.2, 0) is 17.6 Å². The predicted molar refractivity (Wildman–Crippen MR) is 95.3 cm³/mol. The van der Waals surface area contributed by atoms with Gasteiger partial charge in [-0.15, -0.1) is 0 Å². The molecule has 6 heteroatoms. The molecule has 24 heavy (non-hydrogen) atoms. The second kappa shape index (κ2) is 7.03. The number of aromatic nitrogens is 3. The SMILES string of the molecule is CCN(CC)c1ccc(NC(=O)C2CCc3n[nH]nc3C2)c(C)c1. The molecule has 1 aromatic heterocycles. The van der Waals surface area contributed by atoms with Gasteiger partial charge in [0.25, 0.3) is 0 Å². The summed E-state index contributed by atoms with van der Waals surface area (Å²) < 4.78 is 0. The third-order valence-corrected chi connectivity index (χ3v) is 4.84. The molecule has 0 saturated heterocycles. The van der Waals surface area contributed by atoms with Gasteiger partial charge in [-0.25, -0.2) is 0 Å². The maximum absolute atomic E-state index is 12.6. The highest BCUT2D eigenvalue weighted by atomic mass is 16.1. The molecule has 1 aliphatic carbocycles. The summed E-state index contributed by atoms with van der Waals surface area (Å²) in [5, 5.41) is 14.0. The highest BCUT2D eigenvalue weighted by Gasteiger charge is 2.27. The molecule has 0 spiro atoms. The van der Waals surface area contributed by atoms with Crippen molar-refractivity contribution in [3.05, 3.63) is 35.2 Å². The van der Waals surface area contributed by atoms with E-state index in [4.69, 9.17) is 0 Å². The predicted octanol–water partition coefficient (Wildman–Crippen LogP) is 2.70. The number of benzene rings is 1. The van der Waals surface area contributed by atoms with E-state index in [1.807, 2.05) is 13.0 Å². The average Bonchev–Trinajstić information content (AvgIpc) is 3.05. The Morgan fingerprint density at radius 1 is 1.29 bits per heavy atom. The van der Waals surface area contributed by atoms with E-state index < -0.39 is 0 Å². The molecule has 128 valence electrons. The molecule has 1 aliphatic rings. The highest BCUT2D eigenvalue weighted by molar-refractivity contribution is 5.93. The van der Waals surface area contributed by atoms with Gasteiger partial charge in [0.2, 0.25) is 5.91 Å². The third-order valence-electron chi connectivity index (χ3n) is 4.84. The molecule has 2 aromatic rings. The lowest BCUT2D eigenvalue weighted by atomic mass is 9.89. The number of carbonyl (C=O) groups excluding carboxylic acids is 1. The first-order valence-electron chi connectivity index (χ1n) is 8.67. The fourth-order valence-corrected chi connectivity index (χ4v) is 3.32. The van der Waals surface area contributed by atoms with Gasteiger partial charge >= 0.3 is 0 Å². The van der Waals surface area contributed by atoms with Crippen LogP contribution in [0.2, 0.25) is 0 Å². The zero-order valence-corrected chi connectivity index (χ0v) is 14.6. The largest absolute Gasteiger partial charge is 0.372 e. The van der Waals surface area contributed by atoms with Crippen LogP contribution in [0.4, 0.5) is 11.4 Å². The molecule has 3 rings (SSSR count). The van der Waals surface area contributed by atoms with E-state index in [0.717, 1.165) is 48.6 Å². The summed E-state index contributed by atoms with van der Waals surface area (Å²) in [5.74, 6) is 0.0341. The van der Waals surface area contributed by atoms with Crippen LogP contribution in [0, 0.1) is 12.8 Å². The number of H-pyrrole nitrogens is 1. The quantitative estimate of drug-likeness (QED) is 0.885. The molecule has 0 fully saturated rings. The van der Waals surface area contributed by atoms with Crippen molar-refractivity contribution >= 4 is 17.3 Å². The van der Waals surface area contributed by atoms with Gasteiger partial charge in [-0.1, -0.05) is 0 Å². The van der Waals surface area contributed by atoms with E-state index in [1.165, 1.54) is 5.69 Å². The number of carbonyl (C=O) groups is 1. The molecule has 6 nitrogen and oxygen atoms in total. The van der Waals surface area contributed by atoms with E-state index in [9.17, 15) is 4.79 Å². The third kappa shape index (κ3) is 3.27. The van der Waals surface area contributed by atoms with Crippen molar-refractivity contribution in [1.29, 1.82) is 0 Å². The maximum atomic E-state index is 12.6. The molecule has 1 heterocycles. The van der Waals surface area contributed by atoms with Crippen LogP contribution in [0.1, 0.15) is 37.2 Å². The second-order valence-corrected chi connectivity index (χ2v) is 6.32. The topological polar surface area (TPSA) is 73.9 Å². The van der Waals surface area contributed by atoms with Crippen molar-refractivity contribution in [2.75, 3.05) is 23.3 Å². The van der Waals surface area contributed by atoms with E-state index >= 15 is 0 Å². The Morgan fingerprint density at radius 3 is 2.75 bits per heavy atom. The van der Waals surface area contributed by atoms with Crippen molar-refractivity contribution in [2.24, 2.45) is 5.92 Å². The first-order chi connectivity index (χ1) is 11.6. The van der Waals surface area contributed by atoms with Crippen molar-refractivity contribution in [3.63, 3.8) is 0 Å². The fraction of sp³-hybridized carbons (Fsp3) is 0.500. The number of nitrogens with zero attached hydrogens (tertiary/aromatic N) is 3. The second-order valence-electron chi connectivity index (χ2n) is 6.32. The molecule has 0 radical (unpaired) electrons. The number of rotatable bonds is 5. The summed E-state index contributed by atoms with van der Waals surface area (Å²) in [4.78, 5) is 14.9. The van der Waals surface area contributed by atoms with Crippen LogP contribution in [0.5, 0.6) is 0 Å². The lowest BCUT2D eigenvalue weighted by Crippen LogP contribution is -2.28. The monoisotopic (exact) mass is 327 g/mol. The summed E-state index contributed by atoms with van der Waals surface area (Å²) >= 11 is 0. The van der Waals surface area contributed by atoms with Crippen molar-refractivity contribution in [1.82, 2.24) is 15.4 Å². The minimum atomic E-state index is -0.0375.